The number of fused-ring (bicyclic) bond motifs is 1. The van der Waals surface area contributed by atoms with Crippen molar-refractivity contribution >= 4 is 16.9 Å². The Morgan fingerprint density at radius 1 is 1.07 bits per heavy atom. The second-order valence-corrected chi connectivity index (χ2v) is 5.71. The van der Waals surface area contributed by atoms with E-state index in [1.807, 2.05) is 0 Å². The average Bonchev–Trinajstić information content (AvgIpc) is 2.60. The molecule has 0 fully saturated rings. The summed E-state index contributed by atoms with van der Waals surface area (Å²) in [5, 5.41) is 0.343. The van der Waals surface area contributed by atoms with Crippen molar-refractivity contribution < 1.29 is 31.5 Å². The predicted molar refractivity (Wildman–Crippen MR) is 89.1 cm³/mol. The van der Waals surface area contributed by atoms with Gasteiger partial charge in [0, 0.05) is 23.9 Å². The van der Waals surface area contributed by atoms with Crippen LogP contribution in [0.2, 0.25) is 0 Å². The van der Waals surface area contributed by atoms with Gasteiger partial charge in [-0.2, -0.15) is 8.78 Å². The molecule has 3 aromatic rings. The second-order valence-electron chi connectivity index (χ2n) is 5.71. The maximum atomic E-state index is 13.9. The Balaban J connectivity index is 2.18. The van der Waals surface area contributed by atoms with Gasteiger partial charge in [0.15, 0.2) is 0 Å². The van der Waals surface area contributed by atoms with Gasteiger partial charge in [0.25, 0.3) is 0 Å². The molecule has 2 aromatic carbocycles. The quantitative estimate of drug-likeness (QED) is 0.284. The van der Waals surface area contributed by atoms with Crippen molar-refractivity contribution in [1.29, 1.82) is 0 Å². The molecule has 3 rings (SSSR count). The van der Waals surface area contributed by atoms with Crippen LogP contribution in [-0.4, -0.2) is 12.4 Å². The summed E-state index contributed by atoms with van der Waals surface area (Å²) < 4.78 is 63.4. The zero-order valence-corrected chi connectivity index (χ0v) is 13.8. The first-order valence-electron chi connectivity index (χ1n) is 7.72. The van der Waals surface area contributed by atoms with Crippen LogP contribution in [0.3, 0.4) is 0 Å². The number of benzene rings is 2. The number of carbonyl (C=O) groups is 1. The second kappa shape index (κ2) is 6.86. The SMILES string of the molecule is CC(=O)Oc1ccc2cc(-c3ccccc3C(F)(F)C(F)F)c(=O)oc2c1. The number of hydrogen-bond donors (Lipinski definition) is 0. The lowest BCUT2D eigenvalue weighted by atomic mass is 9.96. The molecule has 0 bridgehead atoms. The van der Waals surface area contributed by atoms with Crippen LogP contribution in [0, 0.1) is 0 Å². The third-order valence-electron chi connectivity index (χ3n) is 3.82. The van der Waals surface area contributed by atoms with Gasteiger partial charge in [0.2, 0.25) is 0 Å². The molecule has 0 atom stereocenters. The fraction of sp³-hybridized carbons (Fsp3) is 0.158. The van der Waals surface area contributed by atoms with Gasteiger partial charge < -0.3 is 9.15 Å². The molecule has 0 aliphatic heterocycles. The van der Waals surface area contributed by atoms with Crippen molar-refractivity contribution in [2.24, 2.45) is 0 Å². The highest BCUT2D eigenvalue weighted by molar-refractivity contribution is 5.84. The van der Waals surface area contributed by atoms with E-state index < -0.39 is 29.5 Å². The van der Waals surface area contributed by atoms with E-state index in [1.165, 1.54) is 43.3 Å². The molecule has 1 aromatic heterocycles. The van der Waals surface area contributed by atoms with Crippen LogP contribution in [0.1, 0.15) is 12.5 Å². The summed E-state index contributed by atoms with van der Waals surface area (Å²) in [6.07, 6.45) is -3.93. The minimum Gasteiger partial charge on any atom is -0.427 e. The molecule has 0 amide bonds. The van der Waals surface area contributed by atoms with Crippen LogP contribution < -0.4 is 10.4 Å². The van der Waals surface area contributed by atoms with Gasteiger partial charge in [0.05, 0.1) is 5.56 Å². The van der Waals surface area contributed by atoms with Crippen LogP contribution in [0.4, 0.5) is 17.6 Å². The lowest BCUT2D eigenvalue weighted by molar-refractivity contribution is -0.134. The molecule has 8 heteroatoms. The molecule has 0 aliphatic rings. The molecule has 0 N–H and O–H groups in total. The number of ether oxygens (including phenoxy) is 1. The molecule has 27 heavy (non-hydrogen) atoms. The van der Waals surface area contributed by atoms with Gasteiger partial charge >= 0.3 is 23.9 Å². The van der Waals surface area contributed by atoms with E-state index in [0.717, 1.165) is 12.1 Å². The molecule has 0 saturated heterocycles. The van der Waals surface area contributed by atoms with Crippen LogP contribution >= 0.6 is 0 Å². The molecule has 140 valence electrons. The van der Waals surface area contributed by atoms with E-state index in [1.54, 1.807) is 0 Å². The van der Waals surface area contributed by atoms with Gasteiger partial charge in [-0.25, -0.2) is 13.6 Å². The largest absolute Gasteiger partial charge is 0.427 e. The van der Waals surface area contributed by atoms with Crippen LogP contribution in [0.15, 0.2) is 57.7 Å². The van der Waals surface area contributed by atoms with Crippen LogP contribution in [0.5, 0.6) is 5.75 Å². The molecule has 0 unspecified atom stereocenters. The fourth-order valence-electron chi connectivity index (χ4n) is 2.63. The Morgan fingerprint density at radius 3 is 2.44 bits per heavy atom. The maximum absolute atomic E-state index is 13.9. The Kier molecular flexibility index (Phi) is 4.73. The van der Waals surface area contributed by atoms with Crippen molar-refractivity contribution in [3.63, 3.8) is 0 Å². The van der Waals surface area contributed by atoms with E-state index in [2.05, 4.69) is 0 Å². The number of hydrogen-bond acceptors (Lipinski definition) is 4. The smallest absolute Gasteiger partial charge is 0.344 e. The van der Waals surface area contributed by atoms with E-state index in [4.69, 9.17) is 9.15 Å². The molecule has 0 aliphatic carbocycles. The third-order valence-corrected chi connectivity index (χ3v) is 3.82. The highest BCUT2D eigenvalue weighted by Crippen LogP contribution is 2.40. The normalized spacial score (nSPS) is 11.8. The molecule has 1 heterocycles. The van der Waals surface area contributed by atoms with Crippen molar-refractivity contribution in [2.75, 3.05) is 0 Å². The van der Waals surface area contributed by atoms with Crippen molar-refractivity contribution in [3.05, 3.63) is 64.5 Å². The Morgan fingerprint density at radius 2 is 1.78 bits per heavy atom. The Bertz CT molecular complexity index is 1070. The number of halogens is 4. The first-order valence-corrected chi connectivity index (χ1v) is 7.72. The van der Waals surface area contributed by atoms with E-state index >= 15 is 0 Å². The van der Waals surface area contributed by atoms with Gasteiger partial charge in [-0.1, -0.05) is 24.3 Å². The third kappa shape index (κ3) is 3.55. The maximum Gasteiger partial charge on any atom is 0.344 e. The fourth-order valence-corrected chi connectivity index (χ4v) is 2.63. The van der Waals surface area contributed by atoms with Gasteiger partial charge in [-0.3, -0.25) is 4.79 Å². The zero-order chi connectivity index (χ0) is 19.8. The minimum atomic E-state index is -4.43. The summed E-state index contributed by atoms with van der Waals surface area (Å²) in [6, 6.07) is 9.96. The number of alkyl halides is 4. The first-order chi connectivity index (χ1) is 12.7. The topological polar surface area (TPSA) is 56.5 Å². The summed E-state index contributed by atoms with van der Waals surface area (Å²) in [5.41, 5.74) is -2.52. The number of carbonyl (C=O) groups excluding carboxylic acids is 1. The molecule has 0 spiro atoms. The van der Waals surface area contributed by atoms with Crippen molar-refractivity contribution in [1.82, 2.24) is 0 Å². The predicted octanol–water partition coefficient (Wildman–Crippen LogP) is 4.74. The van der Waals surface area contributed by atoms with E-state index in [-0.39, 0.29) is 22.5 Å². The highest BCUT2D eigenvalue weighted by Gasteiger charge is 2.44. The van der Waals surface area contributed by atoms with Crippen molar-refractivity contribution in [2.45, 2.75) is 19.3 Å². The summed E-state index contributed by atoms with van der Waals surface area (Å²) in [6.45, 7) is 1.20. The van der Waals surface area contributed by atoms with Crippen LogP contribution in [0.25, 0.3) is 22.1 Å². The Hall–Kier alpha value is -3.16. The van der Waals surface area contributed by atoms with Gasteiger partial charge in [-0.05, 0) is 23.8 Å². The monoisotopic (exact) mass is 380 g/mol. The van der Waals surface area contributed by atoms with E-state index in [0.29, 0.717) is 5.39 Å². The minimum absolute atomic E-state index is 0.0561. The van der Waals surface area contributed by atoms with E-state index in [9.17, 15) is 27.2 Å². The highest BCUT2D eigenvalue weighted by atomic mass is 19.3. The first kappa shape index (κ1) is 18.6. The molecular formula is C19H12F4O4. The molecular weight excluding hydrogens is 368 g/mol. The average molecular weight is 380 g/mol. The molecule has 0 saturated carbocycles. The summed E-state index contributed by atoms with van der Waals surface area (Å²) in [5.74, 6) is -4.87. The summed E-state index contributed by atoms with van der Waals surface area (Å²) in [4.78, 5) is 23.3. The summed E-state index contributed by atoms with van der Waals surface area (Å²) in [7, 11) is 0. The zero-order valence-electron chi connectivity index (χ0n) is 13.8. The standard InChI is InChI=1S/C19H12F4O4/c1-10(24)26-12-7-6-11-8-14(17(25)27-16(11)9-12)13-4-2-3-5-15(13)19(22,23)18(20)21/h2-9,18H,1H3. The molecule has 4 nitrogen and oxygen atoms in total. The van der Waals surface area contributed by atoms with Crippen LogP contribution in [-0.2, 0) is 10.7 Å². The van der Waals surface area contributed by atoms with Gasteiger partial charge in [-0.15, -0.1) is 0 Å². The number of rotatable bonds is 4. The van der Waals surface area contributed by atoms with Gasteiger partial charge in [0.1, 0.15) is 11.3 Å². The lowest BCUT2D eigenvalue weighted by Gasteiger charge is -2.19. The number of esters is 1. The molecule has 0 radical (unpaired) electrons. The lowest BCUT2D eigenvalue weighted by Crippen LogP contribution is -2.25. The van der Waals surface area contributed by atoms with Crippen molar-refractivity contribution in [3.8, 4) is 16.9 Å². The Labute approximate surface area is 150 Å². The summed E-state index contributed by atoms with van der Waals surface area (Å²) >= 11 is 0.